The SMILES string of the molecule is N#CC1(c2nc(Cl)ccc2Br)CCC(F)(F)CC1. The zero-order valence-electron chi connectivity index (χ0n) is 9.39. The van der Waals surface area contributed by atoms with E-state index in [9.17, 15) is 14.0 Å². The van der Waals surface area contributed by atoms with Gasteiger partial charge in [-0.1, -0.05) is 11.6 Å². The average Bonchev–Trinajstić information content (AvgIpc) is 2.33. The standard InChI is InChI=1S/C12H10BrClF2N2/c13-8-1-2-9(14)18-10(8)11(7-17)3-5-12(15,16)6-4-11/h1-2H,3-6H2. The third-order valence-electron chi connectivity index (χ3n) is 3.31. The number of hydrogen-bond donors (Lipinski definition) is 0. The molecule has 0 bridgehead atoms. The fourth-order valence-electron chi connectivity index (χ4n) is 2.20. The first-order valence-corrected chi connectivity index (χ1v) is 6.67. The van der Waals surface area contributed by atoms with Gasteiger partial charge >= 0.3 is 0 Å². The average molecular weight is 336 g/mol. The van der Waals surface area contributed by atoms with Crippen molar-refractivity contribution >= 4 is 27.5 Å². The lowest BCUT2D eigenvalue weighted by molar-refractivity contribution is -0.0458. The van der Waals surface area contributed by atoms with Gasteiger partial charge in [0.15, 0.2) is 0 Å². The number of hydrogen-bond acceptors (Lipinski definition) is 2. The van der Waals surface area contributed by atoms with E-state index in [1.807, 2.05) is 0 Å². The van der Waals surface area contributed by atoms with E-state index < -0.39 is 11.3 Å². The van der Waals surface area contributed by atoms with E-state index in [1.54, 1.807) is 12.1 Å². The van der Waals surface area contributed by atoms with Crippen LogP contribution >= 0.6 is 27.5 Å². The molecule has 0 unspecified atom stereocenters. The molecule has 0 saturated heterocycles. The van der Waals surface area contributed by atoms with Crippen LogP contribution in [-0.2, 0) is 5.41 Å². The minimum atomic E-state index is -2.68. The molecule has 0 atom stereocenters. The second-order valence-corrected chi connectivity index (χ2v) is 5.76. The summed E-state index contributed by atoms with van der Waals surface area (Å²) in [4.78, 5) is 4.14. The van der Waals surface area contributed by atoms with E-state index in [0.29, 0.717) is 10.2 Å². The summed E-state index contributed by atoms with van der Waals surface area (Å²) >= 11 is 9.13. The van der Waals surface area contributed by atoms with Crippen molar-refractivity contribution in [2.45, 2.75) is 37.0 Å². The molecular weight excluding hydrogens is 325 g/mol. The van der Waals surface area contributed by atoms with Crippen LogP contribution in [0.2, 0.25) is 5.15 Å². The summed E-state index contributed by atoms with van der Waals surface area (Å²) in [6.07, 6.45) is -0.382. The fraction of sp³-hybridized carbons (Fsp3) is 0.500. The van der Waals surface area contributed by atoms with Crippen molar-refractivity contribution in [3.05, 3.63) is 27.5 Å². The molecule has 1 aliphatic carbocycles. The summed E-state index contributed by atoms with van der Waals surface area (Å²) in [6.45, 7) is 0. The quantitative estimate of drug-likeness (QED) is 0.710. The zero-order valence-corrected chi connectivity index (χ0v) is 11.7. The summed E-state index contributed by atoms with van der Waals surface area (Å²) < 4.78 is 27.1. The van der Waals surface area contributed by atoms with Gasteiger partial charge < -0.3 is 0 Å². The fourth-order valence-corrected chi connectivity index (χ4v) is 2.95. The Labute approximate surface area is 117 Å². The number of halogens is 4. The highest BCUT2D eigenvalue weighted by molar-refractivity contribution is 9.10. The van der Waals surface area contributed by atoms with Crippen molar-refractivity contribution in [1.82, 2.24) is 4.98 Å². The molecule has 18 heavy (non-hydrogen) atoms. The maximum atomic E-state index is 13.2. The predicted octanol–water partition coefficient (Wildman–Crippen LogP) is 4.47. The first-order chi connectivity index (χ1) is 8.38. The Hall–Kier alpha value is -0.730. The van der Waals surface area contributed by atoms with Crippen LogP contribution in [0.15, 0.2) is 16.6 Å². The molecule has 0 spiro atoms. The molecule has 0 N–H and O–H groups in total. The molecule has 1 saturated carbocycles. The summed E-state index contributed by atoms with van der Waals surface area (Å²) in [6, 6.07) is 5.44. The third-order valence-corrected chi connectivity index (χ3v) is 4.16. The van der Waals surface area contributed by atoms with Gasteiger partial charge in [0.05, 0.1) is 11.8 Å². The normalized spacial score (nSPS) is 21.3. The third kappa shape index (κ3) is 2.50. The molecule has 1 aromatic heterocycles. The van der Waals surface area contributed by atoms with Gasteiger partial charge in [-0.25, -0.2) is 13.8 Å². The monoisotopic (exact) mass is 334 g/mol. The summed E-state index contributed by atoms with van der Waals surface area (Å²) in [5.41, 5.74) is -0.501. The Balaban J connectivity index is 2.40. The lowest BCUT2D eigenvalue weighted by Gasteiger charge is -2.34. The minimum Gasteiger partial charge on any atom is -0.238 e. The van der Waals surface area contributed by atoms with E-state index in [4.69, 9.17) is 11.6 Å². The number of pyridine rings is 1. The van der Waals surface area contributed by atoms with Crippen LogP contribution in [0.1, 0.15) is 31.4 Å². The smallest absolute Gasteiger partial charge is 0.238 e. The first-order valence-electron chi connectivity index (χ1n) is 5.50. The van der Waals surface area contributed by atoms with Gasteiger partial charge in [-0.15, -0.1) is 0 Å². The van der Waals surface area contributed by atoms with Gasteiger partial charge in [-0.2, -0.15) is 5.26 Å². The molecule has 0 aliphatic heterocycles. The molecule has 0 radical (unpaired) electrons. The Bertz CT molecular complexity index is 503. The van der Waals surface area contributed by atoms with Crippen LogP contribution < -0.4 is 0 Å². The van der Waals surface area contributed by atoms with Crippen LogP contribution in [0.3, 0.4) is 0 Å². The highest BCUT2D eigenvalue weighted by Crippen LogP contribution is 2.46. The number of nitriles is 1. The number of alkyl halides is 2. The summed E-state index contributed by atoms with van der Waals surface area (Å²) in [7, 11) is 0. The Kier molecular flexibility index (Phi) is 3.61. The number of aromatic nitrogens is 1. The van der Waals surface area contributed by atoms with Gasteiger partial charge in [-0.3, -0.25) is 0 Å². The van der Waals surface area contributed by atoms with Crippen molar-refractivity contribution in [2.75, 3.05) is 0 Å². The van der Waals surface area contributed by atoms with Crippen molar-refractivity contribution in [2.24, 2.45) is 0 Å². The van der Waals surface area contributed by atoms with Gasteiger partial charge in [0.2, 0.25) is 5.92 Å². The van der Waals surface area contributed by atoms with Crippen molar-refractivity contribution < 1.29 is 8.78 Å². The maximum Gasteiger partial charge on any atom is 0.248 e. The van der Waals surface area contributed by atoms with Crippen LogP contribution in [-0.4, -0.2) is 10.9 Å². The second kappa shape index (κ2) is 4.75. The molecule has 1 fully saturated rings. The maximum absolute atomic E-state index is 13.2. The molecule has 1 aromatic rings. The lowest BCUT2D eigenvalue weighted by Crippen LogP contribution is -2.36. The predicted molar refractivity (Wildman–Crippen MR) is 67.7 cm³/mol. The van der Waals surface area contributed by atoms with Crippen LogP contribution in [0.25, 0.3) is 0 Å². The largest absolute Gasteiger partial charge is 0.248 e. The Morgan fingerprint density at radius 1 is 1.28 bits per heavy atom. The summed E-state index contributed by atoms with van der Waals surface area (Å²) in [5, 5.41) is 9.65. The van der Waals surface area contributed by atoms with Gasteiger partial charge in [-0.05, 0) is 40.9 Å². The highest BCUT2D eigenvalue weighted by Gasteiger charge is 2.46. The highest BCUT2D eigenvalue weighted by atomic mass is 79.9. The number of rotatable bonds is 1. The molecule has 2 nitrogen and oxygen atoms in total. The summed E-state index contributed by atoms with van der Waals surface area (Å²) in [5.74, 6) is -2.68. The Morgan fingerprint density at radius 2 is 1.89 bits per heavy atom. The molecule has 96 valence electrons. The van der Waals surface area contributed by atoms with E-state index in [0.717, 1.165) is 0 Å². The Morgan fingerprint density at radius 3 is 2.44 bits per heavy atom. The van der Waals surface area contributed by atoms with Gasteiger partial charge in [0, 0.05) is 17.3 Å². The zero-order chi connectivity index (χ0) is 13.4. The van der Waals surface area contributed by atoms with Crippen molar-refractivity contribution in [1.29, 1.82) is 5.26 Å². The lowest BCUT2D eigenvalue weighted by atomic mass is 9.71. The molecule has 1 aliphatic rings. The van der Waals surface area contributed by atoms with Crippen molar-refractivity contribution in [3.8, 4) is 6.07 Å². The number of nitrogens with zero attached hydrogens (tertiary/aromatic N) is 2. The van der Waals surface area contributed by atoms with E-state index in [1.165, 1.54) is 0 Å². The molecule has 0 amide bonds. The topological polar surface area (TPSA) is 36.7 Å². The van der Waals surface area contributed by atoms with Gasteiger partial charge in [0.1, 0.15) is 10.6 Å². The van der Waals surface area contributed by atoms with E-state index in [-0.39, 0.29) is 30.8 Å². The second-order valence-electron chi connectivity index (χ2n) is 4.51. The molecule has 2 rings (SSSR count). The first kappa shape index (κ1) is 13.7. The van der Waals surface area contributed by atoms with Crippen LogP contribution in [0.5, 0.6) is 0 Å². The van der Waals surface area contributed by atoms with E-state index >= 15 is 0 Å². The molecule has 6 heteroatoms. The van der Waals surface area contributed by atoms with Crippen LogP contribution in [0.4, 0.5) is 8.78 Å². The minimum absolute atomic E-state index is 0.0996. The molecule has 1 heterocycles. The van der Waals surface area contributed by atoms with Crippen LogP contribution in [0, 0.1) is 11.3 Å². The molecule has 0 aromatic carbocycles. The molecular formula is C12H10BrClF2N2. The van der Waals surface area contributed by atoms with Gasteiger partial charge in [0.25, 0.3) is 0 Å². The van der Waals surface area contributed by atoms with E-state index in [2.05, 4.69) is 27.0 Å². The van der Waals surface area contributed by atoms with Crippen molar-refractivity contribution in [3.63, 3.8) is 0 Å².